The Morgan fingerprint density at radius 1 is 1.08 bits per heavy atom. The molecule has 1 aromatic carbocycles. The summed E-state index contributed by atoms with van der Waals surface area (Å²) in [6.07, 6.45) is 8.51. The lowest BCUT2D eigenvalue weighted by molar-refractivity contribution is 0.134. The van der Waals surface area contributed by atoms with Gasteiger partial charge in [-0.15, -0.1) is 0 Å². The molecule has 0 aromatic heterocycles. The number of nitrogens with zero attached hydrogens (tertiary/aromatic N) is 1. The van der Waals surface area contributed by atoms with Crippen LogP contribution in [0.15, 0.2) is 11.1 Å². The first kappa shape index (κ1) is 16.9. The van der Waals surface area contributed by atoms with Crippen molar-refractivity contribution in [3.8, 4) is 11.5 Å². The summed E-state index contributed by atoms with van der Waals surface area (Å²) in [5, 5.41) is 0. The number of hydrogen-bond donors (Lipinski definition) is 0. The molecule has 2 aliphatic heterocycles. The smallest absolute Gasteiger partial charge is 0.166 e. The summed E-state index contributed by atoms with van der Waals surface area (Å²) in [7, 11) is 1.75. The third kappa shape index (κ3) is 2.96. The predicted molar refractivity (Wildman–Crippen MR) is 102 cm³/mol. The van der Waals surface area contributed by atoms with Gasteiger partial charge in [0.1, 0.15) is 5.60 Å². The fourth-order valence-corrected chi connectivity index (χ4v) is 4.94. The Morgan fingerprint density at radius 3 is 2.48 bits per heavy atom. The van der Waals surface area contributed by atoms with Gasteiger partial charge in [0.05, 0.1) is 12.6 Å². The van der Waals surface area contributed by atoms with Crippen LogP contribution in [0.1, 0.15) is 76.5 Å². The van der Waals surface area contributed by atoms with Gasteiger partial charge in [0.15, 0.2) is 11.5 Å². The van der Waals surface area contributed by atoms with Crippen LogP contribution in [-0.2, 0) is 12.8 Å². The molecule has 1 fully saturated rings. The van der Waals surface area contributed by atoms with Crippen LogP contribution in [0.3, 0.4) is 0 Å². The lowest BCUT2D eigenvalue weighted by Gasteiger charge is -2.35. The van der Waals surface area contributed by atoms with E-state index in [0.29, 0.717) is 5.92 Å². The Balaban J connectivity index is 1.89. The van der Waals surface area contributed by atoms with Crippen LogP contribution in [-0.4, -0.2) is 24.0 Å². The first-order chi connectivity index (χ1) is 11.8. The minimum absolute atomic E-state index is 0.0337. The molecular weight excluding hydrogens is 310 g/mol. The van der Waals surface area contributed by atoms with E-state index in [-0.39, 0.29) is 11.1 Å². The van der Waals surface area contributed by atoms with Crippen LogP contribution in [0.25, 0.3) is 0 Å². The number of fused-ring (bicyclic) bond motifs is 3. The van der Waals surface area contributed by atoms with Crippen molar-refractivity contribution in [2.24, 2.45) is 10.9 Å². The van der Waals surface area contributed by atoms with E-state index in [4.69, 9.17) is 14.5 Å². The van der Waals surface area contributed by atoms with E-state index in [1.54, 1.807) is 7.11 Å². The number of hydrogen-bond acceptors (Lipinski definition) is 3. The molecule has 3 aliphatic rings. The molecule has 0 saturated heterocycles. The van der Waals surface area contributed by atoms with Crippen molar-refractivity contribution in [2.45, 2.75) is 83.8 Å². The van der Waals surface area contributed by atoms with Crippen LogP contribution >= 0.6 is 0 Å². The molecule has 0 N–H and O–H groups in total. The highest BCUT2D eigenvalue weighted by Gasteiger charge is 2.40. The summed E-state index contributed by atoms with van der Waals surface area (Å²) < 4.78 is 12.0. The Bertz CT molecular complexity index is 724. The third-order valence-corrected chi connectivity index (χ3v) is 5.92. The van der Waals surface area contributed by atoms with Crippen LogP contribution < -0.4 is 9.47 Å². The van der Waals surface area contributed by atoms with Crippen molar-refractivity contribution < 1.29 is 9.47 Å². The minimum Gasteiger partial charge on any atom is -0.493 e. The van der Waals surface area contributed by atoms with E-state index < -0.39 is 0 Å². The van der Waals surface area contributed by atoms with E-state index in [1.165, 1.54) is 54.5 Å². The molecule has 0 radical (unpaired) electrons. The minimum atomic E-state index is -0.171. The molecule has 0 spiro atoms. The van der Waals surface area contributed by atoms with E-state index in [2.05, 4.69) is 33.8 Å². The molecule has 0 unspecified atom stereocenters. The van der Waals surface area contributed by atoms with Gasteiger partial charge in [0.2, 0.25) is 0 Å². The second-order valence-corrected chi connectivity index (χ2v) is 9.28. The van der Waals surface area contributed by atoms with Crippen LogP contribution in [0.2, 0.25) is 0 Å². The van der Waals surface area contributed by atoms with Crippen LogP contribution in [0, 0.1) is 5.92 Å². The van der Waals surface area contributed by atoms with Crippen LogP contribution in [0.5, 0.6) is 11.5 Å². The third-order valence-electron chi connectivity index (χ3n) is 5.92. The van der Waals surface area contributed by atoms with Crippen molar-refractivity contribution in [3.05, 3.63) is 22.8 Å². The zero-order valence-corrected chi connectivity index (χ0v) is 16.4. The summed E-state index contributed by atoms with van der Waals surface area (Å²) in [5.74, 6) is 2.45. The van der Waals surface area contributed by atoms with Gasteiger partial charge in [0, 0.05) is 29.2 Å². The van der Waals surface area contributed by atoms with Gasteiger partial charge >= 0.3 is 0 Å². The molecule has 3 heteroatoms. The fraction of sp³-hybridized carbons (Fsp3) is 0.682. The van der Waals surface area contributed by atoms with Crippen molar-refractivity contribution in [2.75, 3.05) is 7.11 Å². The number of aliphatic imine (C=N–C) groups is 1. The average molecular weight is 341 g/mol. The zero-order chi connectivity index (χ0) is 17.8. The predicted octanol–water partition coefficient (Wildman–Crippen LogP) is 5.11. The molecule has 2 heterocycles. The van der Waals surface area contributed by atoms with Gasteiger partial charge in [-0.05, 0) is 58.6 Å². The second kappa shape index (κ2) is 5.75. The standard InChI is InChI=1S/C22H31NO2/c1-21(2)12-15-11-17(24-5)20-16(13-22(3,4)25-20)18(15)19(23-21)14-9-7-6-8-10-14/h11,14H,6-10,12-13H2,1-5H3. The number of ether oxygens (including phenoxy) is 2. The van der Waals surface area contributed by atoms with E-state index >= 15 is 0 Å². The van der Waals surface area contributed by atoms with Crippen molar-refractivity contribution in [1.29, 1.82) is 0 Å². The Morgan fingerprint density at radius 2 is 1.80 bits per heavy atom. The summed E-state index contributed by atoms with van der Waals surface area (Å²) in [4.78, 5) is 5.28. The molecule has 0 bridgehead atoms. The molecule has 1 aliphatic carbocycles. The molecule has 3 nitrogen and oxygen atoms in total. The van der Waals surface area contributed by atoms with Crippen molar-refractivity contribution in [1.82, 2.24) is 0 Å². The summed E-state index contributed by atoms with van der Waals surface area (Å²) in [6, 6.07) is 2.22. The largest absolute Gasteiger partial charge is 0.493 e. The highest BCUT2D eigenvalue weighted by Crippen LogP contribution is 2.48. The topological polar surface area (TPSA) is 30.8 Å². The lowest BCUT2D eigenvalue weighted by Crippen LogP contribution is -2.34. The Labute approximate surface area is 151 Å². The Hall–Kier alpha value is -1.51. The van der Waals surface area contributed by atoms with Gasteiger partial charge in [-0.2, -0.15) is 0 Å². The molecule has 1 saturated carbocycles. The molecular formula is C22H31NO2. The van der Waals surface area contributed by atoms with E-state index in [9.17, 15) is 0 Å². The zero-order valence-electron chi connectivity index (χ0n) is 16.4. The number of benzene rings is 1. The van der Waals surface area contributed by atoms with Crippen LogP contribution in [0.4, 0.5) is 0 Å². The highest BCUT2D eigenvalue weighted by molar-refractivity contribution is 6.06. The SMILES string of the molecule is COc1cc2c(c3c1OC(C)(C)C3)C(C1CCCCC1)=NC(C)(C)C2. The van der Waals surface area contributed by atoms with Crippen molar-refractivity contribution in [3.63, 3.8) is 0 Å². The second-order valence-electron chi connectivity index (χ2n) is 9.28. The lowest BCUT2D eigenvalue weighted by atomic mass is 9.75. The van der Waals surface area contributed by atoms with Gasteiger partial charge in [-0.1, -0.05) is 19.3 Å². The molecule has 136 valence electrons. The maximum Gasteiger partial charge on any atom is 0.166 e. The molecule has 0 amide bonds. The first-order valence-corrected chi connectivity index (χ1v) is 9.81. The summed E-state index contributed by atoms with van der Waals surface area (Å²) in [5.41, 5.74) is 5.28. The highest BCUT2D eigenvalue weighted by atomic mass is 16.5. The molecule has 25 heavy (non-hydrogen) atoms. The molecule has 4 rings (SSSR count). The number of methoxy groups -OCH3 is 1. The van der Waals surface area contributed by atoms with Gasteiger partial charge < -0.3 is 9.47 Å². The summed E-state index contributed by atoms with van der Waals surface area (Å²) in [6.45, 7) is 8.86. The average Bonchev–Trinajstić information content (AvgIpc) is 2.88. The van der Waals surface area contributed by atoms with Gasteiger partial charge in [-0.3, -0.25) is 4.99 Å². The summed E-state index contributed by atoms with van der Waals surface area (Å²) >= 11 is 0. The normalized spacial score (nSPS) is 24.1. The molecule has 0 atom stereocenters. The quantitative estimate of drug-likeness (QED) is 0.748. The maximum absolute atomic E-state index is 6.29. The van der Waals surface area contributed by atoms with Gasteiger partial charge in [-0.25, -0.2) is 0 Å². The first-order valence-electron chi connectivity index (χ1n) is 9.81. The monoisotopic (exact) mass is 341 g/mol. The number of rotatable bonds is 2. The van der Waals surface area contributed by atoms with E-state index in [1.807, 2.05) is 0 Å². The molecule has 1 aromatic rings. The van der Waals surface area contributed by atoms with Crippen molar-refractivity contribution >= 4 is 5.71 Å². The van der Waals surface area contributed by atoms with E-state index in [0.717, 1.165) is 24.3 Å². The fourth-order valence-electron chi connectivity index (χ4n) is 4.94. The Kier molecular flexibility index (Phi) is 3.90. The maximum atomic E-state index is 6.29. The van der Waals surface area contributed by atoms with Gasteiger partial charge in [0.25, 0.3) is 0 Å².